The third-order valence-electron chi connectivity index (χ3n) is 4.40. The van der Waals surface area contributed by atoms with Crippen molar-refractivity contribution >= 4 is 21.6 Å². The SMILES string of the molecule is CC(C)S(=O)(=O)NC1COCC1Oc1ccc(NC(=O)c2ccccc2)cc1. The van der Waals surface area contributed by atoms with Gasteiger partial charge in [0.2, 0.25) is 10.0 Å². The van der Waals surface area contributed by atoms with Gasteiger partial charge in [-0.2, -0.15) is 0 Å². The molecule has 1 aliphatic rings. The molecule has 0 radical (unpaired) electrons. The van der Waals surface area contributed by atoms with Crippen LogP contribution in [0.5, 0.6) is 5.75 Å². The van der Waals surface area contributed by atoms with Crippen molar-refractivity contribution in [3.8, 4) is 5.75 Å². The molecule has 1 saturated heterocycles. The van der Waals surface area contributed by atoms with Gasteiger partial charge in [0.15, 0.2) is 0 Å². The van der Waals surface area contributed by atoms with E-state index in [1.54, 1.807) is 62.4 Å². The molecule has 0 bridgehead atoms. The molecule has 2 N–H and O–H groups in total. The highest BCUT2D eigenvalue weighted by molar-refractivity contribution is 7.90. The van der Waals surface area contributed by atoms with Crippen LogP contribution < -0.4 is 14.8 Å². The highest BCUT2D eigenvalue weighted by Crippen LogP contribution is 2.21. The summed E-state index contributed by atoms with van der Waals surface area (Å²) in [6.45, 7) is 3.81. The molecule has 2 unspecified atom stereocenters. The van der Waals surface area contributed by atoms with E-state index in [-0.39, 0.29) is 12.5 Å². The molecule has 0 spiro atoms. The molecule has 150 valence electrons. The summed E-state index contributed by atoms with van der Waals surface area (Å²) in [5.41, 5.74) is 1.21. The fourth-order valence-electron chi connectivity index (χ4n) is 2.69. The molecule has 3 rings (SSSR count). The average molecular weight is 404 g/mol. The van der Waals surface area contributed by atoms with Gasteiger partial charge in [-0.1, -0.05) is 18.2 Å². The maximum Gasteiger partial charge on any atom is 0.255 e. The maximum absolute atomic E-state index is 12.2. The maximum atomic E-state index is 12.2. The first kappa shape index (κ1) is 20.3. The number of anilines is 1. The molecule has 1 heterocycles. The lowest BCUT2D eigenvalue weighted by atomic mass is 10.2. The number of carbonyl (C=O) groups excluding carboxylic acids is 1. The van der Waals surface area contributed by atoms with Crippen molar-refractivity contribution in [3.63, 3.8) is 0 Å². The first-order valence-electron chi connectivity index (χ1n) is 9.07. The Balaban J connectivity index is 1.60. The second-order valence-electron chi connectivity index (χ2n) is 6.86. The molecule has 7 nitrogen and oxygen atoms in total. The Labute approximate surface area is 165 Å². The van der Waals surface area contributed by atoms with E-state index in [0.29, 0.717) is 23.6 Å². The standard InChI is InChI=1S/C20H24N2O5S/c1-14(2)28(24,25)22-18-12-26-13-19(18)27-17-10-8-16(9-11-17)21-20(23)15-6-4-3-5-7-15/h3-11,14,18-19,22H,12-13H2,1-2H3,(H,21,23). The number of nitrogens with one attached hydrogen (secondary N) is 2. The smallest absolute Gasteiger partial charge is 0.255 e. The van der Waals surface area contributed by atoms with Crippen molar-refractivity contribution in [1.82, 2.24) is 4.72 Å². The molecule has 0 saturated carbocycles. The zero-order valence-electron chi connectivity index (χ0n) is 15.8. The van der Waals surface area contributed by atoms with E-state index in [0.717, 1.165) is 0 Å². The molecular formula is C20H24N2O5S. The van der Waals surface area contributed by atoms with E-state index in [2.05, 4.69) is 10.0 Å². The van der Waals surface area contributed by atoms with Gasteiger partial charge in [-0.15, -0.1) is 0 Å². The van der Waals surface area contributed by atoms with E-state index < -0.39 is 27.4 Å². The summed E-state index contributed by atoms with van der Waals surface area (Å²) in [5, 5.41) is 2.29. The molecule has 2 atom stereocenters. The molecular weight excluding hydrogens is 380 g/mol. The summed E-state index contributed by atoms with van der Waals surface area (Å²) in [5.74, 6) is 0.378. The Morgan fingerprint density at radius 2 is 1.75 bits per heavy atom. The minimum absolute atomic E-state index is 0.193. The number of hydrogen-bond acceptors (Lipinski definition) is 5. The third kappa shape index (κ3) is 5.09. The van der Waals surface area contributed by atoms with Gasteiger partial charge in [0.25, 0.3) is 5.91 Å². The van der Waals surface area contributed by atoms with Gasteiger partial charge >= 0.3 is 0 Å². The normalized spacial score (nSPS) is 19.5. The van der Waals surface area contributed by atoms with Crippen molar-refractivity contribution in [2.45, 2.75) is 31.2 Å². The minimum atomic E-state index is -3.41. The Morgan fingerprint density at radius 3 is 2.39 bits per heavy atom. The molecule has 1 fully saturated rings. The number of benzene rings is 2. The van der Waals surface area contributed by atoms with Crippen molar-refractivity contribution in [2.24, 2.45) is 0 Å². The second-order valence-corrected chi connectivity index (χ2v) is 9.12. The predicted octanol–water partition coefficient (Wildman–Crippen LogP) is 2.41. The largest absolute Gasteiger partial charge is 0.486 e. The topological polar surface area (TPSA) is 93.7 Å². The van der Waals surface area contributed by atoms with Crippen LogP contribution >= 0.6 is 0 Å². The summed E-state index contributed by atoms with van der Waals surface area (Å²) < 4.78 is 38.1. The lowest BCUT2D eigenvalue weighted by Gasteiger charge is -2.21. The number of ether oxygens (including phenoxy) is 2. The number of sulfonamides is 1. The van der Waals surface area contributed by atoms with Crippen LogP contribution in [0.25, 0.3) is 0 Å². The number of amides is 1. The fraction of sp³-hybridized carbons (Fsp3) is 0.350. The van der Waals surface area contributed by atoms with Crippen molar-refractivity contribution in [1.29, 1.82) is 0 Å². The molecule has 1 amide bonds. The van der Waals surface area contributed by atoms with Crippen molar-refractivity contribution < 1.29 is 22.7 Å². The van der Waals surface area contributed by atoms with Crippen LogP contribution in [0.15, 0.2) is 54.6 Å². The van der Waals surface area contributed by atoms with Gasteiger partial charge < -0.3 is 14.8 Å². The molecule has 0 aromatic heterocycles. The van der Waals surface area contributed by atoms with Crippen molar-refractivity contribution in [3.05, 3.63) is 60.2 Å². The van der Waals surface area contributed by atoms with Gasteiger partial charge in [0, 0.05) is 11.3 Å². The molecule has 0 aliphatic carbocycles. The monoisotopic (exact) mass is 404 g/mol. The highest BCUT2D eigenvalue weighted by Gasteiger charge is 2.34. The van der Waals surface area contributed by atoms with Crippen LogP contribution in [0.2, 0.25) is 0 Å². The quantitative estimate of drug-likeness (QED) is 0.739. The first-order valence-corrected chi connectivity index (χ1v) is 10.6. The van der Waals surface area contributed by atoms with E-state index in [4.69, 9.17) is 9.47 Å². The molecule has 8 heteroatoms. The fourth-order valence-corrected chi connectivity index (χ4v) is 3.61. The van der Waals surface area contributed by atoms with Crippen LogP contribution in [-0.4, -0.2) is 44.9 Å². The summed E-state index contributed by atoms with van der Waals surface area (Å²) in [6, 6.07) is 15.4. The molecule has 2 aromatic carbocycles. The van der Waals surface area contributed by atoms with Crippen LogP contribution in [0.1, 0.15) is 24.2 Å². The van der Waals surface area contributed by atoms with Gasteiger partial charge in [-0.3, -0.25) is 4.79 Å². The third-order valence-corrected chi connectivity index (χ3v) is 6.27. The van der Waals surface area contributed by atoms with Gasteiger partial charge in [0.05, 0.1) is 24.5 Å². The lowest BCUT2D eigenvalue weighted by molar-refractivity contribution is 0.102. The van der Waals surface area contributed by atoms with Crippen LogP contribution in [0.3, 0.4) is 0 Å². The van der Waals surface area contributed by atoms with Crippen LogP contribution in [0.4, 0.5) is 5.69 Å². The Bertz CT molecular complexity index is 898. The number of carbonyl (C=O) groups is 1. The summed E-state index contributed by atoms with van der Waals surface area (Å²) in [6.07, 6.45) is -0.418. The van der Waals surface area contributed by atoms with Gasteiger partial charge in [-0.25, -0.2) is 13.1 Å². The minimum Gasteiger partial charge on any atom is -0.486 e. The van der Waals surface area contributed by atoms with Gasteiger partial charge in [0.1, 0.15) is 11.9 Å². The van der Waals surface area contributed by atoms with Crippen LogP contribution in [0, 0.1) is 0 Å². The Morgan fingerprint density at radius 1 is 1.07 bits per heavy atom. The molecule has 28 heavy (non-hydrogen) atoms. The number of hydrogen-bond donors (Lipinski definition) is 2. The summed E-state index contributed by atoms with van der Waals surface area (Å²) in [7, 11) is -3.41. The van der Waals surface area contributed by atoms with Crippen LogP contribution in [-0.2, 0) is 14.8 Å². The zero-order valence-corrected chi connectivity index (χ0v) is 16.6. The predicted molar refractivity (Wildman–Crippen MR) is 107 cm³/mol. The highest BCUT2D eigenvalue weighted by atomic mass is 32.2. The van der Waals surface area contributed by atoms with E-state index in [9.17, 15) is 13.2 Å². The van der Waals surface area contributed by atoms with E-state index >= 15 is 0 Å². The average Bonchev–Trinajstić information content (AvgIpc) is 3.10. The Kier molecular flexibility index (Phi) is 6.33. The first-order chi connectivity index (χ1) is 13.3. The Hall–Kier alpha value is -2.42. The summed E-state index contributed by atoms with van der Waals surface area (Å²) in [4.78, 5) is 12.2. The lowest BCUT2D eigenvalue weighted by Crippen LogP contribution is -2.47. The number of rotatable bonds is 7. The molecule has 1 aliphatic heterocycles. The van der Waals surface area contributed by atoms with Crippen molar-refractivity contribution in [2.75, 3.05) is 18.5 Å². The van der Waals surface area contributed by atoms with E-state index in [1.165, 1.54) is 0 Å². The molecule has 2 aromatic rings. The van der Waals surface area contributed by atoms with E-state index in [1.807, 2.05) is 6.07 Å². The van der Waals surface area contributed by atoms with Gasteiger partial charge in [-0.05, 0) is 50.2 Å². The summed E-state index contributed by atoms with van der Waals surface area (Å²) >= 11 is 0. The second kappa shape index (κ2) is 8.72. The zero-order chi connectivity index (χ0) is 20.1.